The Kier molecular flexibility index (Phi) is 3.91. The smallest absolute Gasteiger partial charge is 0.262 e. The van der Waals surface area contributed by atoms with Gasteiger partial charge in [-0.15, -0.1) is 0 Å². The molecule has 3 aromatic rings. The van der Waals surface area contributed by atoms with E-state index in [4.69, 9.17) is 0 Å². The molecule has 1 aromatic carbocycles. The predicted octanol–water partition coefficient (Wildman–Crippen LogP) is 2.21. The van der Waals surface area contributed by atoms with Gasteiger partial charge in [0.15, 0.2) is 15.5 Å². The topological polar surface area (TPSA) is 97.7 Å². The second-order valence-corrected chi connectivity index (χ2v) is 8.34. The highest BCUT2D eigenvalue weighted by Gasteiger charge is 2.23. The van der Waals surface area contributed by atoms with E-state index in [0.717, 1.165) is 25.7 Å². The summed E-state index contributed by atoms with van der Waals surface area (Å²) < 4.78 is 26.9. The largest absolute Gasteiger partial charge is 0.309 e. The van der Waals surface area contributed by atoms with Crippen LogP contribution in [0, 0.1) is 0 Å². The highest BCUT2D eigenvalue weighted by Crippen LogP contribution is 2.30. The lowest BCUT2D eigenvalue weighted by Crippen LogP contribution is -2.17. The zero-order valence-corrected chi connectivity index (χ0v) is 14.4. The summed E-state index contributed by atoms with van der Waals surface area (Å²) in [7, 11) is -3.58. The third kappa shape index (κ3) is 2.97. The molecule has 1 fully saturated rings. The van der Waals surface area contributed by atoms with Crippen LogP contribution in [0.2, 0.25) is 0 Å². The normalized spacial score (nSPS) is 15.8. The minimum atomic E-state index is -3.58. The monoisotopic (exact) mass is 358 g/mol. The molecule has 1 N–H and O–H groups in total. The molecule has 1 saturated carbocycles. The number of hydrogen-bond acceptors (Lipinski definition) is 5. The first-order valence-corrected chi connectivity index (χ1v) is 9.94. The molecule has 2 aromatic heterocycles. The number of fused-ring (bicyclic) bond motifs is 1. The average molecular weight is 358 g/mol. The average Bonchev–Trinajstić information content (AvgIpc) is 3.24. The fraction of sp³-hybridized carbons (Fsp3) is 0.353. The van der Waals surface area contributed by atoms with E-state index in [2.05, 4.69) is 15.1 Å². The molecular formula is C17H18N4O3S. The number of sulfone groups is 1. The number of H-pyrrole nitrogens is 1. The lowest BCUT2D eigenvalue weighted by Gasteiger charge is -2.11. The Hall–Kier alpha value is -2.48. The first kappa shape index (κ1) is 16.0. The number of rotatable bonds is 4. The van der Waals surface area contributed by atoms with Gasteiger partial charge < -0.3 is 4.98 Å². The Balaban J connectivity index is 1.75. The van der Waals surface area contributed by atoms with Gasteiger partial charge in [0.1, 0.15) is 17.0 Å². The zero-order chi connectivity index (χ0) is 17.4. The third-order valence-corrected chi connectivity index (χ3v) is 6.26. The minimum Gasteiger partial charge on any atom is -0.309 e. The second kappa shape index (κ2) is 6.11. The van der Waals surface area contributed by atoms with E-state index in [1.807, 2.05) is 0 Å². The molecule has 0 saturated heterocycles. The van der Waals surface area contributed by atoms with E-state index in [0.29, 0.717) is 11.0 Å². The first-order chi connectivity index (χ1) is 12.0. The quantitative estimate of drug-likeness (QED) is 0.771. The van der Waals surface area contributed by atoms with Crippen LogP contribution in [-0.2, 0) is 15.6 Å². The van der Waals surface area contributed by atoms with Gasteiger partial charge in [0.2, 0.25) is 0 Å². The van der Waals surface area contributed by atoms with Crippen LogP contribution in [0.4, 0.5) is 0 Å². The van der Waals surface area contributed by atoms with Gasteiger partial charge in [0.25, 0.3) is 5.56 Å². The van der Waals surface area contributed by atoms with Crippen molar-refractivity contribution in [2.75, 3.05) is 0 Å². The molecule has 1 aliphatic carbocycles. The van der Waals surface area contributed by atoms with Crippen molar-refractivity contribution in [3.8, 4) is 0 Å². The van der Waals surface area contributed by atoms with E-state index < -0.39 is 9.84 Å². The molecule has 25 heavy (non-hydrogen) atoms. The highest BCUT2D eigenvalue weighted by molar-refractivity contribution is 7.90. The van der Waals surface area contributed by atoms with Gasteiger partial charge in [0, 0.05) is 0 Å². The number of hydrogen-bond donors (Lipinski definition) is 1. The number of nitrogens with zero attached hydrogens (tertiary/aromatic N) is 3. The Labute approximate surface area is 144 Å². The summed E-state index contributed by atoms with van der Waals surface area (Å²) in [5, 5.41) is 4.71. The molecule has 8 heteroatoms. The van der Waals surface area contributed by atoms with Gasteiger partial charge in [-0.3, -0.25) is 4.79 Å². The maximum atomic E-state index is 12.5. The van der Waals surface area contributed by atoms with Gasteiger partial charge in [-0.1, -0.05) is 31.0 Å². The SMILES string of the molecule is O=c1[nH]c(CS(=O)(=O)c2ccccc2)nc2c1cnn2C1CCCC1. The van der Waals surface area contributed by atoms with Crippen LogP contribution < -0.4 is 5.56 Å². The molecule has 0 unspecified atom stereocenters. The fourth-order valence-electron chi connectivity index (χ4n) is 3.36. The van der Waals surface area contributed by atoms with Crippen LogP contribution in [0.25, 0.3) is 11.0 Å². The Morgan fingerprint density at radius 2 is 1.88 bits per heavy atom. The molecule has 4 rings (SSSR count). The van der Waals surface area contributed by atoms with Crippen molar-refractivity contribution >= 4 is 20.9 Å². The number of nitrogens with one attached hydrogen (secondary N) is 1. The summed E-state index contributed by atoms with van der Waals surface area (Å²) in [6.07, 6.45) is 5.77. The number of benzene rings is 1. The van der Waals surface area contributed by atoms with Gasteiger partial charge >= 0.3 is 0 Å². The number of aromatic amines is 1. The van der Waals surface area contributed by atoms with E-state index >= 15 is 0 Å². The molecule has 0 spiro atoms. The summed E-state index contributed by atoms with van der Waals surface area (Å²) in [6.45, 7) is 0. The Morgan fingerprint density at radius 3 is 2.60 bits per heavy atom. The van der Waals surface area contributed by atoms with Gasteiger partial charge in [-0.25, -0.2) is 18.1 Å². The minimum absolute atomic E-state index is 0.140. The summed E-state index contributed by atoms with van der Waals surface area (Å²) >= 11 is 0. The van der Waals surface area contributed by atoms with Gasteiger partial charge in [-0.05, 0) is 25.0 Å². The van der Waals surface area contributed by atoms with Crippen molar-refractivity contribution in [1.82, 2.24) is 19.7 Å². The van der Waals surface area contributed by atoms with Crippen molar-refractivity contribution in [3.63, 3.8) is 0 Å². The van der Waals surface area contributed by atoms with Crippen molar-refractivity contribution in [2.45, 2.75) is 42.4 Å². The zero-order valence-electron chi connectivity index (χ0n) is 13.6. The molecule has 0 amide bonds. The molecule has 7 nitrogen and oxygen atoms in total. The van der Waals surface area contributed by atoms with Crippen LogP contribution in [0.15, 0.2) is 46.2 Å². The van der Waals surface area contributed by atoms with Crippen molar-refractivity contribution < 1.29 is 8.42 Å². The summed E-state index contributed by atoms with van der Waals surface area (Å²) in [5.74, 6) is -0.209. The molecule has 2 heterocycles. The summed E-state index contributed by atoms with van der Waals surface area (Å²) in [6, 6.07) is 8.39. The molecule has 0 aliphatic heterocycles. The first-order valence-electron chi connectivity index (χ1n) is 8.29. The van der Waals surface area contributed by atoms with E-state index in [1.54, 1.807) is 22.9 Å². The van der Waals surface area contributed by atoms with E-state index in [9.17, 15) is 13.2 Å². The highest BCUT2D eigenvalue weighted by atomic mass is 32.2. The second-order valence-electron chi connectivity index (χ2n) is 6.35. The Morgan fingerprint density at radius 1 is 1.16 bits per heavy atom. The molecule has 0 atom stereocenters. The van der Waals surface area contributed by atoms with Crippen LogP contribution >= 0.6 is 0 Å². The van der Waals surface area contributed by atoms with Crippen molar-refractivity contribution in [2.24, 2.45) is 0 Å². The molecule has 0 radical (unpaired) electrons. The van der Waals surface area contributed by atoms with E-state index in [1.165, 1.54) is 18.3 Å². The number of aromatic nitrogens is 4. The maximum Gasteiger partial charge on any atom is 0.262 e. The lowest BCUT2D eigenvalue weighted by molar-refractivity contribution is 0.478. The van der Waals surface area contributed by atoms with Crippen LogP contribution in [0.3, 0.4) is 0 Å². The maximum absolute atomic E-state index is 12.5. The molecule has 1 aliphatic rings. The molecule has 130 valence electrons. The summed E-state index contributed by atoms with van der Waals surface area (Å²) in [5.41, 5.74) is 0.112. The summed E-state index contributed by atoms with van der Waals surface area (Å²) in [4.78, 5) is 19.5. The predicted molar refractivity (Wildman–Crippen MR) is 93.0 cm³/mol. The van der Waals surface area contributed by atoms with Crippen LogP contribution in [-0.4, -0.2) is 28.2 Å². The third-order valence-electron chi connectivity index (χ3n) is 4.61. The van der Waals surface area contributed by atoms with Gasteiger partial charge in [0.05, 0.1) is 17.1 Å². The molecular weight excluding hydrogens is 340 g/mol. The van der Waals surface area contributed by atoms with Crippen molar-refractivity contribution in [3.05, 3.63) is 52.7 Å². The van der Waals surface area contributed by atoms with Crippen molar-refractivity contribution in [1.29, 1.82) is 0 Å². The lowest BCUT2D eigenvalue weighted by atomic mass is 10.2. The fourth-order valence-corrected chi connectivity index (χ4v) is 4.59. The van der Waals surface area contributed by atoms with Gasteiger partial charge in [-0.2, -0.15) is 5.10 Å². The Bertz CT molecular complexity index is 1060. The van der Waals surface area contributed by atoms with Crippen LogP contribution in [0.1, 0.15) is 37.5 Å². The van der Waals surface area contributed by atoms with E-state index in [-0.39, 0.29) is 28.1 Å². The van der Waals surface area contributed by atoms with Crippen LogP contribution in [0.5, 0.6) is 0 Å². The molecule has 0 bridgehead atoms. The standard InChI is InChI=1S/C17H18N4O3S/c22-17-14-10-18-21(12-6-4-5-7-12)16(14)19-15(20-17)11-25(23,24)13-8-2-1-3-9-13/h1-3,8-10,12H,4-7,11H2,(H,19,20,22).